The molecule has 1 fully saturated rings. The van der Waals surface area contributed by atoms with Crippen LogP contribution in [0.2, 0.25) is 0 Å². The Bertz CT molecular complexity index is 511. The van der Waals surface area contributed by atoms with E-state index in [1.807, 2.05) is 18.7 Å². The number of carbonyl (C=O) groups is 2. The van der Waals surface area contributed by atoms with Crippen LogP contribution in [0.5, 0.6) is 0 Å². The first kappa shape index (κ1) is 15.0. The Labute approximate surface area is 127 Å². The third-order valence-electron chi connectivity index (χ3n) is 3.33. The van der Waals surface area contributed by atoms with Crippen LogP contribution < -0.4 is 0 Å². The summed E-state index contributed by atoms with van der Waals surface area (Å²) in [5.74, 6) is 0.0624. The van der Waals surface area contributed by atoms with Crippen LogP contribution in [-0.4, -0.2) is 52.8 Å². The van der Waals surface area contributed by atoms with Crippen molar-refractivity contribution >= 4 is 27.7 Å². The Morgan fingerprint density at radius 1 is 1.20 bits per heavy atom. The van der Waals surface area contributed by atoms with Crippen molar-refractivity contribution in [2.75, 3.05) is 26.2 Å². The largest absolute Gasteiger partial charge is 0.339 e. The maximum atomic E-state index is 12.4. The van der Waals surface area contributed by atoms with Gasteiger partial charge < -0.3 is 9.80 Å². The fourth-order valence-electron chi connectivity index (χ4n) is 2.19. The summed E-state index contributed by atoms with van der Waals surface area (Å²) >= 11 is 3.34. The highest BCUT2D eigenvalue weighted by Crippen LogP contribution is 2.17. The molecule has 0 aliphatic carbocycles. The summed E-state index contributed by atoms with van der Waals surface area (Å²) in [4.78, 5) is 31.9. The molecule has 1 saturated heterocycles. The van der Waals surface area contributed by atoms with Gasteiger partial charge in [-0.15, -0.1) is 0 Å². The van der Waals surface area contributed by atoms with Crippen LogP contribution in [0.3, 0.4) is 0 Å². The number of rotatable bonds is 2. The Morgan fingerprint density at radius 2 is 1.80 bits per heavy atom. The molecule has 0 spiro atoms. The average Bonchev–Trinajstić information content (AvgIpc) is 2.46. The molecule has 2 heterocycles. The number of nitrogens with zero attached hydrogens (tertiary/aromatic N) is 3. The SMILES string of the molecule is CC(C)C(=O)N1CCN(C(=O)c2ncccc2Br)CC1. The minimum atomic E-state index is -0.0888. The summed E-state index contributed by atoms with van der Waals surface area (Å²) in [6.07, 6.45) is 1.61. The highest BCUT2D eigenvalue weighted by molar-refractivity contribution is 9.10. The molecule has 2 rings (SSSR count). The van der Waals surface area contributed by atoms with E-state index in [1.165, 1.54) is 0 Å². The molecule has 0 unspecified atom stereocenters. The van der Waals surface area contributed by atoms with Gasteiger partial charge in [0.1, 0.15) is 5.69 Å². The van der Waals surface area contributed by atoms with Gasteiger partial charge in [0.05, 0.1) is 0 Å². The van der Waals surface area contributed by atoms with Crippen LogP contribution in [0.25, 0.3) is 0 Å². The van der Waals surface area contributed by atoms with E-state index in [2.05, 4.69) is 20.9 Å². The van der Waals surface area contributed by atoms with Gasteiger partial charge >= 0.3 is 0 Å². The molecular weight excluding hydrogens is 322 g/mol. The third kappa shape index (κ3) is 3.17. The molecule has 0 bridgehead atoms. The number of aromatic nitrogens is 1. The first-order chi connectivity index (χ1) is 9.50. The van der Waals surface area contributed by atoms with Crippen LogP contribution in [-0.2, 0) is 4.79 Å². The Morgan fingerprint density at radius 3 is 2.35 bits per heavy atom. The minimum Gasteiger partial charge on any atom is -0.339 e. The van der Waals surface area contributed by atoms with Crippen molar-refractivity contribution in [3.05, 3.63) is 28.5 Å². The molecule has 0 radical (unpaired) electrons. The van der Waals surface area contributed by atoms with Gasteiger partial charge in [0.15, 0.2) is 0 Å². The summed E-state index contributed by atoms with van der Waals surface area (Å²) in [6, 6.07) is 3.58. The topological polar surface area (TPSA) is 53.5 Å². The fourth-order valence-corrected chi connectivity index (χ4v) is 2.61. The maximum Gasteiger partial charge on any atom is 0.273 e. The molecule has 1 aliphatic heterocycles. The van der Waals surface area contributed by atoms with Crippen LogP contribution in [0.4, 0.5) is 0 Å². The van der Waals surface area contributed by atoms with Crippen molar-refractivity contribution in [3.63, 3.8) is 0 Å². The Hall–Kier alpha value is -1.43. The summed E-state index contributed by atoms with van der Waals surface area (Å²) in [7, 11) is 0. The number of carbonyl (C=O) groups excluding carboxylic acids is 2. The molecular formula is C14H18BrN3O2. The highest BCUT2D eigenvalue weighted by atomic mass is 79.9. The van der Waals surface area contributed by atoms with Gasteiger partial charge in [-0.05, 0) is 28.1 Å². The molecule has 1 aromatic heterocycles. The molecule has 6 heteroatoms. The zero-order valence-electron chi connectivity index (χ0n) is 11.7. The third-order valence-corrected chi connectivity index (χ3v) is 3.97. The van der Waals surface area contributed by atoms with E-state index >= 15 is 0 Å². The number of hydrogen-bond donors (Lipinski definition) is 0. The van der Waals surface area contributed by atoms with Crippen molar-refractivity contribution in [1.82, 2.24) is 14.8 Å². The van der Waals surface area contributed by atoms with Crippen molar-refractivity contribution in [2.45, 2.75) is 13.8 Å². The van der Waals surface area contributed by atoms with Gasteiger partial charge in [0, 0.05) is 42.8 Å². The average molecular weight is 340 g/mol. The number of piperazine rings is 1. The highest BCUT2D eigenvalue weighted by Gasteiger charge is 2.27. The van der Waals surface area contributed by atoms with E-state index in [0.717, 1.165) is 0 Å². The minimum absolute atomic E-state index is 0.00202. The van der Waals surface area contributed by atoms with Gasteiger partial charge in [-0.1, -0.05) is 13.8 Å². The normalized spacial score (nSPS) is 15.6. The number of amides is 2. The lowest BCUT2D eigenvalue weighted by Crippen LogP contribution is -2.51. The summed E-state index contributed by atoms with van der Waals surface area (Å²) in [5, 5.41) is 0. The molecule has 0 N–H and O–H groups in total. The Kier molecular flexibility index (Phi) is 4.75. The molecule has 0 aromatic carbocycles. The lowest BCUT2D eigenvalue weighted by molar-refractivity contribution is -0.135. The maximum absolute atomic E-state index is 12.4. The quantitative estimate of drug-likeness (QED) is 0.825. The van der Waals surface area contributed by atoms with E-state index < -0.39 is 0 Å². The van der Waals surface area contributed by atoms with Crippen molar-refractivity contribution in [3.8, 4) is 0 Å². The molecule has 1 aliphatic rings. The van der Waals surface area contributed by atoms with E-state index in [9.17, 15) is 9.59 Å². The van der Waals surface area contributed by atoms with E-state index in [-0.39, 0.29) is 17.7 Å². The zero-order chi connectivity index (χ0) is 14.7. The molecule has 5 nitrogen and oxygen atoms in total. The van der Waals surface area contributed by atoms with Crippen LogP contribution in [0.15, 0.2) is 22.8 Å². The predicted molar refractivity (Wildman–Crippen MR) is 79.3 cm³/mol. The van der Waals surface area contributed by atoms with Gasteiger partial charge in [0.25, 0.3) is 5.91 Å². The molecule has 1 aromatic rings. The van der Waals surface area contributed by atoms with Gasteiger partial charge in [0.2, 0.25) is 5.91 Å². The van der Waals surface area contributed by atoms with Crippen LogP contribution >= 0.6 is 15.9 Å². The molecule has 20 heavy (non-hydrogen) atoms. The Balaban J connectivity index is 1.99. The smallest absolute Gasteiger partial charge is 0.273 e. The van der Waals surface area contributed by atoms with Gasteiger partial charge in [-0.3, -0.25) is 9.59 Å². The fraction of sp³-hybridized carbons (Fsp3) is 0.500. The molecule has 0 atom stereocenters. The summed E-state index contributed by atoms with van der Waals surface area (Å²) < 4.78 is 0.700. The summed E-state index contributed by atoms with van der Waals surface area (Å²) in [6.45, 7) is 6.08. The lowest BCUT2D eigenvalue weighted by atomic mass is 10.1. The number of halogens is 1. The molecule has 2 amide bonds. The van der Waals surface area contributed by atoms with Crippen LogP contribution in [0, 0.1) is 5.92 Å². The van der Waals surface area contributed by atoms with E-state index in [0.29, 0.717) is 36.3 Å². The number of pyridine rings is 1. The van der Waals surface area contributed by atoms with Gasteiger partial charge in [-0.25, -0.2) is 4.98 Å². The summed E-state index contributed by atoms with van der Waals surface area (Å²) in [5.41, 5.74) is 0.427. The van der Waals surface area contributed by atoms with Crippen LogP contribution in [0.1, 0.15) is 24.3 Å². The van der Waals surface area contributed by atoms with Crippen molar-refractivity contribution in [1.29, 1.82) is 0 Å². The first-order valence-electron chi connectivity index (χ1n) is 6.69. The second-order valence-electron chi connectivity index (χ2n) is 5.11. The standard InChI is InChI=1S/C14H18BrN3O2/c1-10(2)13(19)17-6-8-18(9-7-17)14(20)12-11(15)4-3-5-16-12/h3-5,10H,6-9H2,1-2H3. The number of hydrogen-bond acceptors (Lipinski definition) is 3. The monoisotopic (exact) mass is 339 g/mol. The second-order valence-corrected chi connectivity index (χ2v) is 5.96. The molecule has 0 saturated carbocycles. The lowest BCUT2D eigenvalue weighted by Gasteiger charge is -2.35. The van der Waals surface area contributed by atoms with E-state index in [4.69, 9.17) is 0 Å². The van der Waals surface area contributed by atoms with E-state index in [1.54, 1.807) is 23.2 Å². The van der Waals surface area contributed by atoms with Crippen molar-refractivity contribution in [2.24, 2.45) is 5.92 Å². The molecule has 108 valence electrons. The van der Waals surface area contributed by atoms with Crippen molar-refractivity contribution < 1.29 is 9.59 Å². The zero-order valence-corrected chi connectivity index (χ0v) is 13.3. The second kappa shape index (κ2) is 6.35. The first-order valence-corrected chi connectivity index (χ1v) is 7.48. The predicted octanol–water partition coefficient (Wildman–Crippen LogP) is 1.78. The van der Waals surface area contributed by atoms with Gasteiger partial charge in [-0.2, -0.15) is 0 Å².